The summed E-state index contributed by atoms with van der Waals surface area (Å²) in [7, 11) is 0. The highest BCUT2D eigenvalue weighted by Gasteiger charge is 2.09. The van der Waals surface area contributed by atoms with Crippen molar-refractivity contribution in [3.8, 4) is 0 Å². The van der Waals surface area contributed by atoms with Crippen molar-refractivity contribution in [2.24, 2.45) is 0 Å². The van der Waals surface area contributed by atoms with Crippen LogP contribution in [0, 0.1) is 12.7 Å². The van der Waals surface area contributed by atoms with Gasteiger partial charge in [-0.25, -0.2) is 4.39 Å². The van der Waals surface area contributed by atoms with Crippen LogP contribution in [0.15, 0.2) is 48.5 Å². The predicted octanol–water partition coefficient (Wildman–Crippen LogP) is 3.42. The molecule has 0 bridgehead atoms. The second-order valence-electron chi connectivity index (χ2n) is 5.01. The monoisotopic (exact) mass is 286 g/mol. The minimum atomic E-state index is -0.318. The Labute approximate surface area is 124 Å². The van der Waals surface area contributed by atoms with E-state index in [2.05, 4.69) is 10.6 Å². The molecule has 2 aromatic carbocycles. The summed E-state index contributed by atoms with van der Waals surface area (Å²) in [6.07, 6.45) is 0. The Balaban J connectivity index is 1.89. The number of benzene rings is 2. The summed E-state index contributed by atoms with van der Waals surface area (Å²) in [6, 6.07) is 14.2. The maximum atomic E-state index is 13.2. The summed E-state index contributed by atoms with van der Waals surface area (Å²) in [5.74, 6) is -0.448. The molecule has 1 amide bonds. The number of nitrogens with one attached hydrogen (secondary N) is 2. The summed E-state index contributed by atoms with van der Waals surface area (Å²) < 4.78 is 13.2. The van der Waals surface area contributed by atoms with Gasteiger partial charge in [0.2, 0.25) is 5.91 Å². The van der Waals surface area contributed by atoms with Crippen molar-refractivity contribution in [1.29, 1.82) is 0 Å². The molecule has 2 rings (SSSR count). The van der Waals surface area contributed by atoms with E-state index in [1.165, 1.54) is 12.1 Å². The summed E-state index contributed by atoms with van der Waals surface area (Å²) >= 11 is 0. The highest BCUT2D eigenvalue weighted by molar-refractivity contribution is 5.81. The van der Waals surface area contributed by atoms with Gasteiger partial charge < -0.3 is 10.6 Å². The van der Waals surface area contributed by atoms with E-state index < -0.39 is 0 Å². The number of hydrogen-bond acceptors (Lipinski definition) is 2. The number of carbonyl (C=O) groups is 1. The lowest BCUT2D eigenvalue weighted by Gasteiger charge is -2.15. The second kappa shape index (κ2) is 6.88. The average Bonchev–Trinajstić information content (AvgIpc) is 2.49. The molecule has 0 aliphatic heterocycles. The molecule has 0 aliphatic carbocycles. The summed E-state index contributed by atoms with van der Waals surface area (Å²) in [4.78, 5) is 11.9. The van der Waals surface area contributed by atoms with Crippen LogP contribution < -0.4 is 10.6 Å². The fourth-order valence-electron chi connectivity index (χ4n) is 2.08. The van der Waals surface area contributed by atoms with Crippen molar-refractivity contribution in [2.45, 2.75) is 19.9 Å². The smallest absolute Gasteiger partial charge is 0.239 e. The molecule has 0 heterocycles. The number of amides is 1. The number of aryl methyl sites for hydroxylation is 1. The van der Waals surface area contributed by atoms with Crippen LogP contribution in [0.1, 0.15) is 24.1 Å². The molecule has 0 aliphatic rings. The second-order valence-corrected chi connectivity index (χ2v) is 5.01. The first kappa shape index (κ1) is 15.0. The van der Waals surface area contributed by atoms with Gasteiger partial charge in [-0.3, -0.25) is 4.79 Å². The van der Waals surface area contributed by atoms with Crippen molar-refractivity contribution < 1.29 is 9.18 Å². The van der Waals surface area contributed by atoms with Gasteiger partial charge in [0, 0.05) is 5.69 Å². The molecule has 0 saturated carbocycles. The number of halogens is 1. The van der Waals surface area contributed by atoms with Crippen LogP contribution in [0.3, 0.4) is 0 Å². The molecule has 2 N–H and O–H groups in total. The van der Waals surface area contributed by atoms with Crippen LogP contribution >= 0.6 is 0 Å². The third kappa shape index (κ3) is 4.31. The average molecular weight is 286 g/mol. The predicted molar refractivity (Wildman–Crippen MR) is 82.6 cm³/mol. The van der Waals surface area contributed by atoms with Crippen LogP contribution in [0.2, 0.25) is 0 Å². The number of rotatable bonds is 5. The Morgan fingerprint density at radius 2 is 1.90 bits per heavy atom. The van der Waals surface area contributed by atoms with E-state index in [-0.39, 0.29) is 24.3 Å². The zero-order valence-corrected chi connectivity index (χ0v) is 12.2. The summed E-state index contributed by atoms with van der Waals surface area (Å²) in [5.41, 5.74) is 2.59. The first-order valence-electron chi connectivity index (χ1n) is 6.90. The zero-order valence-electron chi connectivity index (χ0n) is 12.2. The molecule has 21 heavy (non-hydrogen) atoms. The van der Waals surface area contributed by atoms with Gasteiger partial charge in [-0.15, -0.1) is 0 Å². The van der Waals surface area contributed by atoms with Crippen molar-refractivity contribution in [3.05, 3.63) is 65.5 Å². The van der Waals surface area contributed by atoms with Crippen molar-refractivity contribution in [2.75, 3.05) is 11.9 Å². The summed E-state index contributed by atoms with van der Waals surface area (Å²) in [5, 5.41) is 5.86. The van der Waals surface area contributed by atoms with Crippen molar-refractivity contribution in [1.82, 2.24) is 5.32 Å². The Hall–Kier alpha value is -2.36. The number of hydrogen-bond donors (Lipinski definition) is 2. The molecule has 0 fully saturated rings. The van der Waals surface area contributed by atoms with E-state index >= 15 is 0 Å². The third-order valence-corrected chi connectivity index (χ3v) is 3.32. The van der Waals surface area contributed by atoms with Gasteiger partial charge in [0.25, 0.3) is 0 Å². The lowest BCUT2D eigenvalue weighted by Crippen LogP contribution is -2.32. The Morgan fingerprint density at radius 3 is 2.62 bits per heavy atom. The standard InChI is InChI=1S/C17H19FN2O/c1-12-8-9-15(18)10-16(12)19-11-17(21)20-13(2)14-6-4-3-5-7-14/h3-10,13,19H,11H2,1-2H3,(H,20,21)/t13-/m0/s1. The van der Waals surface area contributed by atoms with Gasteiger partial charge in [0.05, 0.1) is 12.6 Å². The maximum Gasteiger partial charge on any atom is 0.239 e. The van der Waals surface area contributed by atoms with E-state index in [1.54, 1.807) is 6.07 Å². The third-order valence-electron chi connectivity index (χ3n) is 3.32. The Morgan fingerprint density at radius 1 is 1.19 bits per heavy atom. The maximum absolute atomic E-state index is 13.2. The fourth-order valence-corrected chi connectivity index (χ4v) is 2.08. The molecule has 110 valence electrons. The minimum Gasteiger partial charge on any atom is -0.376 e. The van der Waals surface area contributed by atoms with Gasteiger partial charge in [-0.05, 0) is 37.1 Å². The molecule has 2 aromatic rings. The van der Waals surface area contributed by atoms with E-state index in [9.17, 15) is 9.18 Å². The van der Waals surface area contributed by atoms with E-state index in [4.69, 9.17) is 0 Å². The summed E-state index contributed by atoms with van der Waals surface area (Å²) in [6.45, 7) is 3.91. The SMILES string of the molecule is Cc1ccc(F)cc1NCC(=O)N[C@@H](C)c1ccccc1. The Kier molecular flexibility index (Phi) is 4.93. The first-order valence-corrected chi connectivity index (χ1v) is 6.90. The van der Waals surface area contributed by atoms with E-state index in [0.717, 1.165) is 11.1 Å². The van der Waals surface area contributed by atoms with Crippen LogP contribution in [-0.4, -0.2) is 12.5 Å². The fraction of sp³-hybridized carbons (Fsp3) is 0.235. The van der Waals surface area contributed by atoms with Crippen LogP contribution in [0.5, 0.6) is 0 Å². The van der Waals surface area contributed by atoms with Gasteiger partial charge in [0.15, 0.2) is 0 Å². The topological polar surface area (TPSA) is 41.1 Å². The molecule has 0 spiro atoms. The van der Waals surface area contributed by atoms with Gasteiger partial charge in [-0.1, -0.05) is 36.4 Å². The molecule has 0 aromatic heterocycles. The highest BCUT2D eigenvalue weighted by Crippen LogP contribution is 2.15. The number of carbonyl (C=O) groups excluding carboxylic acids is 1. The van der Waals surface area contributed by atoms with Crippen LogP contribution in [-0.2, 0) is 4.79 Å². The molecular weight excluding hydrogens is 267 g/mol. The highest BCUT2D eigenvalue weighted by atomic mass is 19.1. The minimum absolute atomic E-state index is 0.0610. The van der Waals surface area contributed by atoms with Crippen LogP contribution in [0.25, 0.3) is 0 Å². The molecular formula is C17H19FN2O. The first-order chi connectivity index (χ1) is 10.1. The van der Waals surface area contributed by atoms with Gasteiger partial charge >= 0.3 is 0 Å². The zero-order chi connectivity index (χ0) is 15.2. The molecule has 0 unspecified atom stereocenters. The molecule has 4 heteroatoms. The lowest BCUT2D eigenvalue weighted by atomic mass is 10.1. The van der Waals surface area contributed by atoms with Gasteiger partial charge in [0.1, 0.15) is 5.82 Å². The van der Waals surface area contributed by atoms with Crippen molar-refractivity contribution >= 4 is 11.6 Å². The van der Waals surface area contributed by atoms with Crippen molar-refractivity contribution in [3.63, 3.8) is 0 Å². The molecule has 0 saturated heterocycles. The number of anilines is 1. The molecule has 3 nitrogen and oxygen atoms in total. The van der Waals surface area contributed by atoms with E-state index in [1.807, 2.05) is 44.2 Å². The Bertz CT molecular complexity index is 613. The molecule has 1 atom stereocenters. The lowest BCUT2D eigenvalue weighted by molar-refractivity contribution is -0.120. The largest absolute Gasteiger partial charge is 0.376 e. The quantitative estimate of drug-likeness (QED) is 0.884. The molecule has 0 radical (unpaired) electrons. The normalized spacial score (nSPS) is 11.8. The van der Waals surface area contributed by atoms with E-state index in [0.29, 0.717) is 5.69 Å². The van der Waals surface area contributed by atoms with Gasteiger partial charge in [-0.2, -0.15) is 0 Å². The van der Waals surface area contributed by atoms with Crippen LogP contribution in [0.4, 0.5) is 10.1 Å².